The molecule has 0 N–H and O–H groups in total. The van der Waals surface area contributed by atoms with E-state index in [2.05, 4.69) is 32.0 Å². The van der Waals surface area contributed by atoms with Crippen molar-refractivity contribution in [3.05, 3.63) is 69.6 Å². The summed E-state index contributed by atoms with van der Waals surface area (Å²) in [5.74, 6) is 0.772. The number of nitrogens with zero attached hydrogens (tertiary/aromatic N) is 1. The molecule has 0 amide bonds. The Balaban J connectivity index is 1.92. The number of benzene rings is 2. The number of hydrogen-bond donors (Lipinski definition) is 0. The summed E-state index contributed by atoms with van der Waals surface area (Å²) < 4.78 is 5.73. The molecule has 2 aromatic rings. The largest absolute Gasteiger partial charge is 0.494 e. The van der Waals surface area contributed by atoms with Crippen LogP contribution in [-0.4, -0.2) is 12.9 Å². The first-order valence-electron chi connectivity index (χ1n) is 8.53. The zero-order valence-corrected chi connectivity index (χ0v) is 15.1. The number of aryl methyl sites for hydroxylation is 1. The lowest BCUT2D eigenvalue weighted by Crippen LogP contribution is -2.12. The molecule has 0 spiro atoms. The summed E-state index contributed by atoms with van der Waals surface area (Å²) in [7, 11) is 0. The van der Waals surface area contributed by atoms with Crippen LogP contribution in [0.15, 0.2) is 47.6 Å². The Bertz CT molecular complexity index is 715. The monoisotopic (exact) mass is 339 g/mol. The molecule has 0 saturated carbocycles. The molecule has 0 fully saturated rings. The molecule has 132 valence electrons. The van der Waals surface area contributed by atoms with Gasteiger partial charge in [0.25, 0.3) is 0 Å². The second kappa shape index (κ2) is 8.56. The standard InChI is InChI=1S/C21H25NO3/c1-21(2,3)19-9-8-18(15-23)17(13-19)5-4-12-25-20-10-6-16(7-11-20)14-22-24/h6-11,13,15H,4-5,12,14H2,1-3H3. The fourth-order valence-corrected chi connectivity index (χ4v) is 2.62. The van der Waals surface area contributed by atoms with Gasteiger partial charge in [-0.2, -0.15) is 4.91 Å². The Labute approximate surface area is 149 Å². The number of aldehydes is 1. The number of ether oxygens (including phenoxy) is 1. The van der Waals surface area contributed by atoms with Crippen molar-refractivity contribution in [2.24, 2.45) is 5.18 Å². The summed E-state index contributed by atoms with van der Waals surface area (Å²) in [6.07, 6.45) is 2.54. The highest BCUT2D eigenvalue weighted by Crippen LogP contribution is 2.25. The molecule has 0 heterocycles. The quantitative estimate of drug-likeness (QED) is 0.383. The van der Waals surface area contributed by atoms with E-state index in [1.807, 2.05) is 36.4 Å². The highest BCUT2D eigenvalue weighted by Gasteiger charge is 2.15. The molecule has 0 atom stereocenters. The third kappa shape index (κ3) is 5.52. The third-order valence-corrected chi connectivity index (χ3v) is 4.17. The van der Waals surface area contributed by atoms with Crippen LogP contribution in [0.2, 0.25) is 0 Å². The number of nitroso groups, excluding NO2 is 1. The van der Waals surface area contributed by atoms with Crippen molar-refractivity contribution >= 4 is 6.29 Å². The van der Waals surface area contributed by atoms with Crippen molar-refractivity contribution in [1.82, 2.24) is 0 Å². The SMILES string of the molecule is CC(C)(C)c1ccc(C=O)c(CCCOc2ccc(CN=O)cc2)c1. The summed E-state index contributed by atoms with van der Waals surface area (Å²) >= 11 is 0. The maximum absolute atomic E-state index is 11.3. The zero-order chi connectivity index (χ0) is 18.3. The van der Waals surface area contributed by atoms with Gasteiger partial charge in [-0.3, -0.25) is 4.79 Å². The topological polar surface area (TPSA) is 55.7 Å². The van der Waals surface area contributed by atoms with Gasteiger partial charge in [-0.1, -0.05) is 56.3 Å². The fourth-order valence-electron chi connectivity index (χ4n) is 2.62. The van der Waals surface area contributed by atoms with Crippen LogP contribution in [0.25, 0.3) is 0 Å². The van der Waals surface area contributed by atoms with Gasteiger partial charge in [-0.15, -0.1) is 0 Å². The molecule has 0 aliphatic rings. The number of carbonyl (C=O) groups is 1. The van der Waals surface area contributed by atoms with Gasteiger partial charge in [0.2, 0.25) is 0 Å². The van der Waals surface area contributed by atoms with E-state index in [0.717, 1.165) is 41.6 Å². The summed E-state index contributed by atoms with van der Waals surface area (Å²) in [4.78, 5) is 21.5. The van der Waals surface area contributed by atoms with Gasteiger partial charge in [0.15, 0.2) is 0 Å². The van der Waals surface area contributed by atoms with E-state index in [9.17, 15) is 9.70 Å². The fraction of sp³-hybridized carbons (Fsp3) is 0.381. The molecule has 0 saturated heterocycles. The molecule has 2 aromatic carbocycles. The van der Waals surface area contributed by atoms with E-state index >= 15 is 0 Å². The Morgan fingerprint density at radius 1 is 1.08 bits per heavy atom. The number of hydrogen-bond acceptors (Lipinski definition) is 4. The van der Waals surface area contributed by atoms with Gasteiger partial charge in [-0.05, 0) is 47.1 Å². The van der Waals surface area contributed by atoms with E-state index in [1.54, 1.807) is 0 Å². The van der Waals surface area contributed by atoms with Crippen molar-refractivity contribution in [1.29, 1.82) is 0 Å². The van der Waals surface area contributed by atoms with Crippen molar-refractivity contribution in [3.8, 4) is 5.75 Å². The molecular formula is C21H25NO3. The maximum Gasteiger partial charge on any atom is 0.150 e. The van der Waals surface area contributed by atoms with Crippen molar-refractivity contribution in [3.63, 3.8) is 0 Å². The van der Waals surface area contributed by atoms with E-state index in [1.165, 1.54) is 5.56 Å². The van der Waals surface area contributed by atoms with Crippen molar-refractivity contribution in [2.45, 2.75) is 45.6 Å². The minimum absolute atomic E-state index is 0.0603. The first kappa shape index (κ1) is 18.8. The van der Waals surface area contributed by atoms with Crippen LogP contribution in [0.5, 0.6) is 5.75 Å². The smallest absolute Gasteiger partial charge is 0.150 e. The summed E-state index contributed by atoms with van der Waals surface area (Å²) in [5.41, 5.74) is 3.98. The van der Waals surface area contributed by atoms with E-state index < -0.39 is 0 Å². The molecule has 0 aliphatic heterocycles. The molecule has 0 aromatic heterocycles. The number of rotatable bonds is 8. The van der Waals surface area contributed by atoms with Crippen molar-refractivity contribution < 1.29 is 9.53 Å². The lowest BCUT2D eigenvalue weighted by Gasteiger charge is -2.20. The van der Waals surface area contributed by atoms with Crippen LogP contribution in [0.4, 0.5) is 0 Å². The molecule has 4 heteroatoms. The van der Waals surface area contributed by atoms with Gasteiger partial charge in [0, 0.05) is 5.56 Å². The normalized spacial score (nSPS) is 11.2. The average Bonchev–Trinajstić information content (AvgIpc) is 2.59. The maximum atomic E-state index is 11.3. The van der Waals surface area contributed by atoms with Crippen LogP contribution in [0.3, 0.4) is 0 Å². The molecule has 0 bridgehead atoms. The van der Waals surface area contributed by atoms with Gasteiger partial charge >= 0.3 is 0 Å². The van der Waals surface area contributed by atoms with Crippen molar-refractivity contribution in [2.75, 3.05) is 6.61 Å². The average molecular weight is 339 g/mol. The molecule has 4 nitrogen and oxygen atoms in total. The predicted octanol–water partition coefficient (Wildman–Crippen LogP) is 5.07. The number of carbonyl (C=O) groups excluding carboxylic acids is 1. The van der Waals surface area contributed by atoms with Gasteiger partial charge < -0.3 is 4.74 Å². The molecule has 2 rings (SSSR count). The molecule has 0 unspecified atom stereocenters. The molecule has 0 aliphatic carbocycles. The molecule has 25 heavy (non-hydrogen) atoms. The lowest BCUT2D eigenvalue weighted by atomic mass is 9.84. The second-order valence-corrected chi connectivity index (χ2v) is 7.16. The van der Waals surface area contributed by atoms with Crippen LogP contribution >= 0.6 is 0 Å². The minimum atomic E-state index is 0.0603. The Kier molecular flexibility index (Phi) is 6.45. The Hall–Kier alpha value is -2.49. The molecular weight excluding hydrogens is 314 g/mol. The zero-order valence-electron chi connectivity index (χ0n) is 15.1. The second-order valence-electron chi connectivity index (χ2n) is 7.16. The van der Waals surface area contributed by atoms with Crippen LogP contribution in [0.1, 0.15) is 54.2 Å². The highest BCUT2D eigenvalue weighted by molar-refractivity contribution is 5.77. The highest BCUT2D eigenvalue weighted by atomic mass is 16.5. The lowest BCUT2D eigenvalue weighted by molar-refractivity contribution is 0.112. The first-order chi connectivity index (χ1) is 11.9. The third-order valence-electron chi connectivity index (χ3n) is 4.17. The van der Waals surface area contributed by atoms with E-state index in [-0.39, 0.29) is 12.0 Å². The summed E-state index contributed by atoms with van der Waals surface area (Å²) in [6, 6.07) is 13.4. The minimum Gasteiger partial charge on any atom is -0.494 e. The van der Waals surface area contributed by atoms with Crippen LogP contribution in [-0.2, 0) is 18.4 Å². The van der Waals surface area contributed by atoms with Crippen LogP contribution < -0.4 is 4.74 Å². The van der Waals surface area contributed by atoms with E-state index in [0.29, 0.717) is 6.61 Å². The van der Waals surface area contributed by atoms with Gasteiger partial charge in [-0.25, -0.2) is 0 Å². The molecule has 0 radical (unpaired) electrons. The van der Waals surface area contributed by atoms with Crippen LogP contribution in [0, 0.1) is 4.91 Å². The van der Waals surface area contributed by atoms with Gasteiger partial charge in [0.05, 0.1) is 6.61 Å². The Morgan fingerprint density at radius 2 is 1.80 bits per heavy atom. The summed E-state index contributed by atoms with van der Waals surface area (Å²) in [5, 5.41) is 2.87. The summed E-state index contributed by atoms with van der Waals surface area (Å²) in [6.45, 7) is 7.25. The van der Waals surface area contributed by atoms with Gasteiger partial charge in [0.1, 0.15) is 18.6 Å². The Morgan fingerprint density at radius 3 is 2.40 bits per heavy atom. The first-order valence-corrected chi connectivity index (χ1v) is 8.53. The van der Waals surface area contributed by atoms with E-state index in [4.69, 9.17) is 4.74 Å². The predicted molar refractivity (Wildman–Crippen MR) is 100 cm³/mol.